The zero-order valence-corrected chi connectivity index (χ0v) is 19.6. The number of aryl methyl sites for hydroxylation is 1. The van der Waals surface area contributed by atoms with Gasteiger partial charge in [-0.05, 0) is 105 Å². The van der Waals surface area contributed by atoms with Gasteiger partial charge in [-0.3, -0.25) is 0 Å². The monoisotopic (exact) mass is 423 g/mol. The average Bonchev–Trinajstić information content (AvgIpc) is 2.82. The van der Waals surface area contributed by atoms with Crippen LogP contribution in [0.3, 0.4) is 0 Å². The number of unbranched alkanes of at least 4 members (excludes halogenated alkanes) is 2. The SMILES string of the molecule is CCCCc1ccc(C2CCC(CCCCC3CCC(C=C(F)C#N)CC3)CC2)cc1. The zero-order valence-electron chi connectivity index (χ0n) is 19.6. The van der Waals surface area contributed by atoms with Gasteiger partial charge in [0, 0.05) is 0 Å². The van der Waals surface area contributed by atoms with E-state index < -0.39 is 5.83 Å². The van der Waals surface area contributed by atoms with Crippen LogP contribution in [0.5, 0.6) is 0 Å². The lowest BCUT2D eigenvalue weighted by atomic mass is 9.76. The van der Waals surface area contributed by atoms with Crippen LogP contribution in [0.25, 0.3) is 0 Å². The molecule has 0 unspecified atom stereocenters. The average molecular weight is 424 g/mol. The Hall–Kier alpha value is -1.62. The molecule has 3 rings (SSSR count). The second kappa shape index (κ2) is 13.0. The van der Waals surface area contributed by atoms with Gasteiger partial charge in [-0.2, -0.15) is 9.65 Å². The van der Waals surface area contributed by atoms with Crippen LogP contribution in [0.2, 0.25) is 0 Å². The molecule has 0 heterocycles. The maximum atomic E-state index is 13.1. The highest BCUT2D eigenvalue weighted by molar-refractivity contribution is 5.26. The molecule has 170 valence electrons. The summed E-state index contributed by atoms with van der Waals surface area (Å²) in [5.41, 5.74) is 3.07. The zero-order chi connectivity index (χ0) is 21.9. The third-order valence-corrected chi connectivity index (χ3v) is 7.97. The van der Waals surface area contributed by atoms with Crippen molar-refractivity contribution in [3.8, 4) is 6.07 Å². The van der Waals surface area contributed by atoms with Crippen molar-refractivity contribution in [3.63, 3.8) is 0 Å². The standard InChI is InChI=1S/C29H42FN/c1-2-3-6-23-13-17-27(18-14-23)28-19-15-25(16-20-28)8-5-4-7-24-9-11-26(12-10-24)21-29(30)22-31/h13-14,17-18,21,24-26,28H,2-12,15-16,19-20H2,1H3. The molecule has 0 atom stereocenters. The minimum absolute atomic E-state index is 0.290. The molecule has 0 aliphatic heterocycles. The number of nitriles is 1. The van der Waals surface area contributed by atoms with Crippen LogP contribution in [-0.2, 0) is 6.42 Å². The van der Waals surface area contributed by atoms with Crippen molar-refractivity contribution in [2.24, 2.45) is 17.8 Å². The van der Waals surface area contributed by atoms with Crippen LogP contribution >= 0.6 is 0 Å². The summed E-state index contributed by atoms with van der Waals surface area (Å²) in [5, 5.41) is 8.58. The van der Waals surface area contributed by atoms with Gasteiger partial charge in [0.15, 0.2) is 5.83 Å². The summed E-state index contributed by atoms with van der Waals surface area (Å²) in [6, 6.07) is 11.1. The van der Waals surface area contributed by atoms with Crippen molar-refractivity contribution in [1.82, 2.24) is 0 Å². The minimum atomic E-state index is -0.595. The molecule has 1 aromatic carbocycles. The number of hydrogen-bond donors (Lipinski definition) is 0. The van der Waals surface area contributed by atoms with Gasteiger partial charge in [0.1, 0.15) is 6.07 Å². The summed E-state index contributed by atoms with van der Waals surface area (Å²) < 4.78 is 13.1. The molecule has 2 saturated carbocycles. The Morgan fingerprint density at radius 3 is 2.03 bits per heavy atom. The second-order valence-electron chi connectivity index (χ2n) is 10.3. The fourth-order valence-electron chi connectivity index (χ4n) is 5.88. The number of halogens is 1. The van der Waals surface area contributed by atoms with Gasteiger partial charge in [0.2, 0.25) is 0 Å². The van der Waals surface area contributed by atoms with Crippen molar-refractivity contribution in [2.45, 2.75) is 109 Å². The first-order chi connectivity index (χ1) is 15.2. The molecule has 31 heavy (non-hydrogen) atoms. The van der Waals surface area contributed by atoms with Gasteiger partial charge < -0.3 is 0 Å². The summed E-state index contributed by atoms with van der Waals surface area (Å²) >= 11 is 0. The molecule has 1 nitrogen and oxygen atoms in total. The molecule has 2 aliphatic carbocycles. The number of allylic oxidation sites excluding steroid dienone is 2. The van der Waals surface area contributed by atoms with Crippen LogP contribution in [0.4, 0.5) is 4.39 Å². The number of nitrogens with zero attached hydrogens (tertiary/aromatic N) is 1. The predicted octanol–water partition coefficient (Wildman–Crippen LogP) is 9.05. The smallest absolute Gasteiger partial charge is 0.195 e. The molecule has 2 heteroatoms. The molecule has 0 N–H and O–H groups in total. The maximum Gasteiger partial charge on any atom is 0.196 e. The number of hydrogen-bond acceptors (Lipinski definition) is 1. The highest BCUT2D eigenvalue weighted by Crippen LogP contribution is 2.38. The van der Waals surface area contributed by atoms with E-state index in [0.717, 1.165) is 30.6 Å². The maximum absolute atomic E-state index is 13.1. The molecule has 0 bridgehead atoms. The van der Waals surface area contributed by atoms with E-state index in [9.17, 15) is 4.39 Å². The van der Waals surface area contributed by atoms with Gasteiger partial charge in [-0.1, -0.05) is 63.3 Å². The molecule has 0 saturated heterocycles. The topological polar surface area (TPSA) is 23.8 Å². The largest absolute Gasteiger partial charge is 0.196 e. The summed E-state index contributed by atoms with van der Waals surface area (Å²) in [6.07, 6.45) is 20.9. The second-order valence-corrected chi connectivity index (χ2v) is 10.3. The molecule has 1 aromatic rings. The highest BCUT2D eigenvalue weighted by Gasteiger charge is 2.23. The van der Waals surface area contributed by atoms with E-state index in [-0.39, 0.29) is 0 Å². The van der Waals surface area contributed by atoms with Gasteiger partial charge in [-0.25, -0.2) is 0 Å². The van der Waals surface area contributed by atoms with Crippen molar-refractivity contribution >= 4 is 0 Å². The van der Waals surface area contributed by atoms with Crippen molar-refractivity contribution < 1.29 is 4.39 Å². The van der Waals surface area contributed by atoms with Crippen molar-refractivity contribution in [2.75, 3.05) is 0 Å². The molecule has 2 aliphatic rings. The quantitative estimate of drug-likeness (QED) is 0.272. The normalized spacial score (nSPS) is 27.1. The van der Waals surface area contributed by atoms with Crippen LogP contribution in [0.1, 0.15) is 114 Å². The van der Waals surface area contributed by atoms with Crippen molar-refractivity contribution in [1.29, 1.82) is 5.26 Å². The number of benzene rings is 1. The lowest BCUT2D eigenvalue weighted by Crippen LogP contribution is -2.14. The molecule has 0 aromatic heterocycles. The lowest BCUT2D eigenvalue weighted by Gasteiger charge is -2.29. The molecule has 2 fully saturated rings. The van der Waals surface area contributed by atoms with E-state index in [1.54, 1.807) is 17.7 Å². The van der Waals surface area contributed by atoms with Gasteiger partial charge in [0.05, 0.1) is 0 Å². The summed E-state index contributed by atoms with van der Waals surface area (Å²) in [4.78, 5) is 0. The van der Waals surface area contributed by atoms with E-state index >= 15 is 0 Å². The van der Waals surface area contributed by atoms with E-state index in [0.29, 0.717) is 5.92 Å². The van der Waals surface area contributed by atoms with Crippen LogP contribution in [0.15, 0.2) is 36.2 Å². The first-order valence-corrected chi connectivity index (χ1v) is 13.0. The van der Waals surface area contributed by atoms with Crippen LogP contribution < -0.4 is 0 Å². The Balaban J connectivity index is 1.27. The summed E-state index contributed by atoms with van der Waals surface area (Å²) in [7, 11) is 0. The molecular weight excluding hydrogens is 381 g/mol. The predicted molar refractivity (Wildman–Crippen MR) is 128 cm³/mol. The Morgan fingerprint density at radius 2 is 1.48 bits per heavy atom. The summed E-state index contributed by atoms with van der Waals surface area (Å²) in [5.74, 6) is 2.24. The van der Waals surface area contributed by atoms with Gasteiger partial charge in [-0.15, -0.1) is 0 Å². The Labute approximate surface area is 190 Å². The van der Waals surface area contributed by atoms with E-state index in [2.05, 4.69) is 31.2 Å². The van der Waals surface area contributed by atoms with Gasteiger partial charge >= 0.3 is 0 Å². The fraction of sp³-hybridized carbons (Fsp3) is 0.690. The Bertz CT molecular complexity index is 697. The first-order valence-electron chi connectivity index (χ1n) is 13.0. The highest BCUT2D eigenvalue weighted by atomic mass is 19.1. The van der Waals surface area contributed by atoms with Crippen molar-refractivity contribution in [3.05, 3.63) is 47.3 Å². The van der Waals surface area contributed by atoms with Crippen LogP contribution in [-0.4, -0.2) is 0 Å². The Kier molecular flexibility index (Phi) is 10.1. The third kappa shape index (κ3) is 8.10. The fourth-order valence-corrected chi connectivity index (χ4v) is 5.88. The lowest BCUT2D eigenvalue weighted by molar-refractivity contribution is 0.272. The first kappa shape index (κ1) is 24.0. The molecular formula is C29H42FN. The van der Waals surface area contributed by atoms with E-state index in [1.165, 1.54) is 89.0 Å². The molecule has 0 radical (unpaired) electrons. The Morgan fingerprint density at radius 1 is 0.903 bits per heavy atom. The minimum Gasteiger partial charge on any atom is -0.195 e. The third-order valence-electron chi connectivity index (χ3n) is 7.97. The molecule has 0 amide bonds. The van der Waals surface area contributed by atoms with Gasteiger partial charge in [0.25, 0.3) is 0 Å². The summed E-state index contributed by atoms with van der Waals surface area (Å²) in [6.45, 7) is 2.26. The van der Waals surface area contributed by atoms with E-state index in [4.69, 9.17) is 5.26 Å². The number of rotatable bonds is 10. The van der Waals surface area contributed by atoms with Crippen LogP contribution in [0, 0.1) is 29.1 Å². The molecule has 0 spiro atoms. The van der Waals surface area contributed by atoms with E-state index in [1.807, 2.05) is 0 Å².